The number of nitrogens with zero attached hydrogens (tertiary/aromatic N) is 1. The molecule has 8 heteroatoms. The number of β-amino-alcohol motifs (C(OH)–C–C–N with tert-alkyl or cyclic N) is 1. The number of oxime groups is 1. The van der Waals surface area contributed by atoms with Gasteiger partial charge in [0.15, 0.2) is 0 Å². The molecule has 1 aromatic carbocycles. The number of aliphatic hydroxyl groups excluding tert-OH is 1. The normalized spacial score (nSPS) is 12.9. The quantitative estimate of drug-likeness (QED) is 0.302. The fourth-order valence-corrected chi connectivity index (χ4v) is 1.69. The Kier molecular flexibility index (Phi) is 11.4. The van der Waals surface area contributed by atoms with Crippen LogP contribution in [0.3, 0.4) is 0 Å². The highest BCUT2D eigenvalue weighted by Gasteiger charge is 2.12. The third-order valence-corrected chi connectivity index (χ3v) is 3.17. The molecule has 0 radical (unpaired) electrons. The lowest BCUT2D eigenvalue weighted by Gasteiger charge is -2.22. The van der Waals surface area contributed by atoms with E-state index in [4.69, 9.17) is 15.1 Å². The molecule has 156 valence electrons. The molecule has 0 saturated carbocycles. The van der Waals surface area contributed by atoms with Gasteiger partial charge in [-0.25, -0.2) is 9.59 Å². The van der Waals surface area contributed by atoms with Gasteiger partial charge >= 0.3 is 11.9 Å². The van der Waals surface area contributed by atoms with Crippen molar-refractivity contribution >= 4 is 17.7 Å². The molecule has 0 heterocycles. The Labute approximate surface area is 165 Å². The first-order valence-corrected chi connectivity index (χ1v) is 8.71. The van der Waals surface area contributed by atoms with Crippen molar-refractivity contribution in [2.24, 2.45) is 5.16 Å². The molecule has 0 spiro atoms. The van der Waals surface area contributed by atoms with E-state index in [1.807, 2.05) is 38.1 Å². The monoisotopic (exact) mass is 394 g/mol. The van der Waals surface area contributed by atoms with Crippen molar-refractivity contribution in [1.82, 2.24) is 5.32 Å². The van der Waals surface area contributed by atoms with E-state index < -0.39 is 18.0 Å². The lowest BCUT2D eigenvalue weighted by atomic mass is 10.1. The maximum absolute atomic E-state index is 9.78. The number of aryl methyl sites for hydroxylation is 1. The zero-order valence-corrected chi connectivity index (χ0v) is 17.0. The van der Waals surface area contributed by atoms with E-state index in [0.717, 1.165) is 11.3 Å². The zero-order valence-electron chi connectivity index (χ0n) is 17.0. The molecule has 0 amide bonds. The Bertz CT molecular complexity index is 659. The smallest absolute Gasteiger partial charge is 0.328 e. The molecule has 0 aliphatic rings. The van der Waals surface area contributed by atoms with Gasteiger partial charge in [-0.1, -0.05) is 35.0 Å². The van der Waals surface area contributed by atoms with Gasteiger partial charge < -0.3 is 25.5 Å². The number of rotatable bonds is 8. The summed E-state index contributed by atoms with van der Waals surface area (Å²) in [5.74, 6) is -2.51. The molecule has 1 unspecified atom stereocenters. The summed E-state index contributed by atoms with van der Waals surface area (Å²) in [5.41, 5.74) is 3.03. The van der Waals surface area contributed by atoms with Crippen LogP contribution >= 0.6 is 0 Å². The number of hydrogen-bond acceptors (Lipinski definition) is 6. The summed E-state index contributed by atoms with van der Waals surface area (Å²) >= 11 is 0. The SMILES string of the molecule is C/C(=N\OCC(O)CNC(C)(C)C)c1ccc(C)cc1.O=C(O)/C=C\C(=O)O. The van der Waals surface area contributed by atoms with Crippen LogP contribution in [-0.2, 0) is 14.4 Å². The van der Waals surface area contributed by atoms with Gasteiger partial charge in [0, 0.05) is 24.2 Å². The summed E-state index contributed by atoms with van der Waals surface area (Å²) in [4.78, 5) is 24.3. The lowest BCUT2D eigenvalue weighted by Crippen LogP contribution is -2.42. The molecular formula is C20H30N2O6. The third kappa shape index (κ3) is 14.5. The second-order valence-electron chi connectivity index (χ2n) is 7.13. The Hall–Kier alpha value is -2.71. The molecule has 0 aliphatic carbocycles. The molecule has 8 nitrogen and oxygen atoms in total. The highest BCUT2D eigenvalue weighted by Crippen LogP contribution is 2.05. The number of carboxylic acids is 2. The van der Waals surface area contributed by atoms with E-state index >= 15 is 0 Å². The van der Waals surface area contributed by atoms with E-state index in [-0.39, 0.29) is 12.1 Å². The number of aliphatic hydroxyl groups is 1. The Morgan fingerprint density at radius 1 is 1.14 bits per heavy atom. The summed E-state index contributed by atoms with van der Waals surface area (Å²) < 4.78 is 0. The van der Waals surface area contributed by atoms with Crippen LogP contribution in [0, 0.1) is 6.92 Å². The topological polar surface area (TPSA) is 128 Å². The second-order valence-corrected chi connectivity index (χ2v) is 7.13. The number of nitrogens with one attached hydrogen (secondary N) is 1. The molecule has 28 heavy (non-hydrogen) atoms. The molecule has 1 atom stereocenters. The van der Waals surface area contributed by atoms with E-state index in [0.29, 0.717) is 18.7 Å². The predicted molar refractivity (Wildman–Crippen MR) is 108 cm³/mol. The maximum atomic E-state index is 9.78. The maximum Gasteiger partial charge on any atom is 0.328 e. The molecule has 4 N–H and O–H groups in total. The van der Waals surface area contributed by atoms with Crippen LogP contribution in [-0.4, -0.2) is 57.8 Å². The van der Waals surface area contributed by atoms with Crippen molar-refractivity contribution < 1.29 is 29.7 Å². The summed E-state index contributed by atoms with van der Waals surface area (Å²) in [5, 5.41) is 32.7. The number of carbonyl (C=O) groups is 2. The zero-order chi connectivity index (χ0) is 21.7. The number of hydrogen-bond donors (Lipinski definition) is 4. The summed E-state index contributed by atoms with van der Waals surface area (Å²) in [6.07, 6.45) is 0.550. The van der Waals surface area contributed by atoms with Crippen LogP contribution in [0.4, 0.5) is 0 Å². The first-order valence-electron chi connectivity index (χ1n) is 8.71. The second kappa shape index (κ2) is 12.6. The van der Waals surface area contributed by atoms with Crippen LogP contribution in [0.5, 0.6) is 0 Å². The molecule has 0 fully saturated rings. The number of benzene rings is 1. The largest absolute Gasteiger partial charge is 0.478 e. The molecule has 0 aromatic heterocycles. The standard InChI is InChI=1S/C16H26N2O2.C4H4O4/c1-12-6-8-14(9-7-12)13(2)18-20-11-15(19)10-17-16(3,4)5;5-3(6)1-2-4(7)8/h6-9,15,17,19H,10-11H2,1-5H3;1-2H,(H,5,6)(H,7,8)/b18-13+;2-1-. The first kappa shape index (κ1) is 25.3. The van der Waals surface area contributed by atoms with Crippen LogP contribution < -0.4 is 5.32 Å². The predicted octanol–water partition coefficient (Wildman–Crippen LogP) is 2.20. The van der Waals surface area contributed by atoms with Crippen molar-refractivity contribution in [2.75, 3.05) is 13.2 Å². The van der Waals surface area contributed by atoms with Crippen molar-refractivity contribution in [2.45, 2.75) is 46.3 Å². The molecule has 0 saturated heterocycles. The summed E-state index contributed by atoms with van der Waals surface area (Å²) in [6.45, 7) is 10.8. The minimum absolute atomic E-state index is 0.0118. The van der Waals surface area contributed by atoms with Gasteiger partial charge in [-0.15, -0.1) is 0 Å². The van der Waals surface area contributed by atoms with E-state index in [9.17, 15) is 14.7 Å². The molecule has 1 aromatic rings. The highest BCUT2D eigenvalue weighted by atomic mass is 16.6. The highest BCUT2D eigenvalue weighted by molar-refractivity contribution is 5.98. The Morgan fingerprint density at radius 3 is 2.07 bits per heavy atom. The first-order chi connectivity index (χ1) is 12.9. The minimum atomic E-state index is -1.26. The van der Waals surface area contributed by atoms with Gasteiger partial charge in [0.1, 0.15) is 12.7 Å². The van der Waals surface area contributed by atoms with Crippen molar-refractivity contribution in [3.8, 4) is 0 Å². The van der Waals surface area contributed by atoms with Gasteiger partial charge in [0.2, 0.25) is 0 Å². The minimum Gasteiger partial charge on any atom is -0.478 e. The van der Waals surface area contributed by atoms with Gasteiger partial charge in [0.25, 0.3) is 0 Å². The Balaban J connectivity index is 0.000000769. The third-order valence-electron chi connectivity index (χ3n) is 3.17. The van der Waals surface area contributed by atoms with Crippen molar-refractivity contribution in [3.63, 3.8) is 0 Å². The fourth-order valence-electron chi connectivity index (χ4n) is 1.69. The average Bonchev–Trinajstić information content (AvgIpc) is 2.58. The molecule has 0 aliphatic heterocycles. The van der Waals surface area contributed by atoms with E-state index in [1.54, 1.807) is 0 Å². The lowest BCUT2D eigenvalue weighted by molar-refractivity contribution is -0.134. The van der Waals surface area contributed by atoms with E-state index in [1.165, 1.54) is 5.56 Å². The average molecular weight is 394 g/mol. The molecular weight excluding hydrogens is 364 g/mol. The molecule has 1 rings (SSSR count). The number of carboxylic acid groups (broad SMARTS) is 2. The van der Waals surface area contributed by atoms with Crippen LogP contribution in [0.25, 0.3) is 0 Å². The summed E-state index contributed by atoms with van der Waals surface area (Å²) in [6, 6.07) is 8.09. The van der Waals surface area contributed by atoms with Crippen LogP contribution in [0.2, 0.25) is 0 Å². The van der Waals surface area contributed by atoms with Gasteiger partial charge in [-0.05, 0) is 40.2 Å². The number of aliphatic carboxylic acids is 2. The van der Waals surface area contributed by atoms with Crippen LogP contribution in [0.15, 0.2) is 41.6 Å². The van der Waals surface area contributed by atoms with Crippen molar-refractivity contribution in [3.05, 3.63) is 47.5 Å². The molecule has 0 bridgehead atoms. The van der Waals surface area contributed by atoms with E-state index in [2.05, 4.69) is 31.2 Å². The van der Waals surface area contributed by atoms with Gasteiger partial charge in [-0.3, -0.25) is 0 Å². The van der Waals surface area contributed by atoms with Gasteiger partial charge in [-0.2, -0.15) is 0 Å². The summed E-state index contributed by atoms with van der Waals surface area (Å²) in [7, 11) is 0. The van der Waals surface area contributed by atoms with Gasteiger partial charge in [0.05, 0.1) is 5.71 Å². The van der Waals surface area contributed by atoms with Crippen molar-refractivity contribution in [1.29, 1.82) is 0 Å². The van der Waals surface area contributed by atoms with Crippen LogP contribution in [0.1, 0.15) is 38.8 Å². The fraction of sp³-hybridized carbons (Fsp3) is 0.450. The Morgan fingerprint density at radius 2 is 1.64 bits per heavy atom.